The lowest BCUT2D eigenvalue weighted by atomic mass is 9.56. The van der Waals surface area contributed by atoms with Crippen molar-refractivity contribution in [2.45, 2.75) is 84.0 Å². The van der Waals surface area contributed by atoms with Crippen LogP contribution in [0.2, 0.25) is 0 Å². The van der Waals surface area contributed by atoms with Gasteiger partial charge < -0.3 is 9.84 Å². The molecule has 1 N–H and O–H groups in total. The predicted octanol–water partition coefficient (Wildman–Crippen LogP) is 3.96. The van der Waals surface area contributed by atoms with Crippen LogP contribution >= 0.6 is 0 Å². The highest BCUT2D eigenvalue weighted by molar-refractivity contribution is 6.03. The average molecular weight is 318 g/mol. The highest BCUT2D eigenvalue weighted by atomic mass is 16.6. The fourth-order valence-electron chi connectivity index (χ4n) is 4.43. The Morgan fingerprint density at radius 1 is 1.22 bits per heavy atom. The number of ketones is 1. The Labute approximate surface area is 139 Å². The van der Waals surface area contributed by atoms with E-state index < -0.39 is 5.60 Å². The van der Waals surface area contributed by atoms with Gasteiger partial charge in [-0.25, -0.2) is 0 Å². The van der Waals surface area contributed by atoms with Gasteiger partial charge in [-0.3, -0.25) is 4.79 Å². The van der Waals surface area contributed by atoms with Crippen molar-refractivity contribution in [3.63, 3.8) is 0 Å². The number of carbonyl (C=O) groups excluding carboxylic acids is 1. The van der Waals surface area contributed by atoms with E-state index in [1.54, 1.807) is 0 Å². The third-order valence-corrected chi connectivity index (χ3v) is 6.96. The summed E-state index contributed by atoms with van der Waals surface area (Å²) >= 11 is 0. The molecule has 3 aliphatic rings. The van der Waals surface area contributed by atoms with E-state index in [-0.39, 0.29) is 22.9 Å². The number of aliphatic hydroxyl groups is 1. The second kappa shape index (κ2) is 5.29. The van der Waals surface area contributed by atoms with Crippen molar-refractivity contribution in [2.24, 2.45) is 11.3 Å². The van der Waals surface area contributed by atoms with Gasteiger partial charge in [0.25, 0.3) is 0 Å². The Balaban J connectivity index is 2.04. The highest BCUT2D eigenvalue weighted by Crippen LogP contribution is 2.54. The van der Waals surface area contributed by atoms with Crippen LogP contribution in [0, 0.1) is 11.3 Å². The largest absolute Gasteiger partial charge is 0.385 e. The van der Waals surface area contributed by atoms with Gasteiger partial charge in [-0.05, 0) is 58.8 Å². The Bertz CT molecular complexity index is 586. The molecule has 5 atom stereocenters. The van der Waals surface area contributed by atoms with E-state index in [2.05, 4.69) is 26.8 Å². The fraction of sp³-hybridized carbons (Fsp3) is 0.750. The van der Waals surface area contributed by atoms with Crippen molar-refractivity contribution in [1.82, 2.24) is 0 Å². The molecule has 3 rings (SSSR count). The highest BCUT2D eigenvalue weighted by Gasteiger charge is 2.61. The van der Waals surface area contributed by atoms with Gasteiger partial charge in [0.1, 0.15) is 11.7 Å². The lowest BCUT2D eigenvalue weighted by molar-refractivity contribution is -0.125. The number of epoxide rings is 1. The van der Waals surface area contributed by atoms with E-state index in [1.807, 2.05) is 19.9 Å². The molecular formula is C20H30O3. The van der Waals surface area contributed by atoms with Crippen LogP contribution in [0.15, 0.2) is 23.3 Å². The third-order valence-electron chi connectivity index (χ3n) is 6.96. The molecule has 1 heterocycles. The van der Waals surface area contributed by atoms with Gasteiger partial charge in [0.05, 0.1) is 5.60 Å². The molecule has 128 valence electrons. The summed E-state index contributed by atoms with van der Waals surface area (Å²) in [6, 6.07) is 0. The minimum atomic E-state index is -1.10. The Morgan fingerprint density at radius 2 is 1.91 bits per heavy atom. The number of carbonyl (C=O) groups is 1. The minimum absolute atomic E-state index is 0.00287. The summed E-state index contributed by atoms with van der Waals surface area (Å²) in [5, 5.41) is 11.4. The summed E-state index contributed by atoms with van der Waals surface area (Å²) in [6.07, 6.45) is 8.39. The number of Topliss-reactive ketones (excluding diaryl/α,β-unsaturated/α-hetero) is 1. The van der Waals surface area contributed by atoms with Crippen LogP contribution in [0.5, 0.6) is 0 Å². The standard InChI is InChI=1S/C20H30O3/c1-13-7-6-11-19(4)17(23-19)16(21)15-9-8-14(2)18(3,12-10-13)20(15,5)22/h7,9,14,17,22H,6,8,10-12H2,1-5H3/b13-7+/t14-,17-,18+,19-,20+/m1/s1. The molecular weight excluding hydrogens is 288 g/mol. The lowest BCUT2D eigenvalue weighted by Gasteiger charge is -2.51. The summed E-state index contributed by atoms with van der Waals surface area (Å²) in [5.41, 5.74) is 0.191. The van der Waals surface area contributed by atoms with Gasteiger partial charge in [0.2, 0.25) is 0 Å². The second-order valence-corrected chi connectivity index (χ2v) is 8.51. The first-order valence-electron chi connectivity index (χ1n) is 8.92. The van der Waals surface area contributed by atoms with E-state index >= 15 is 0 Å². The van der Waals surface area contributed by atoms with Gasteiger partial charge in [0.15, 0.2) is 5.78 Å². The second-order valence-electron chi connectivity index (χ2n) is 8.51. The lowest BCUT2D eigenvalue weighted by Crippen LogP contribution is -2.54. The molecule has 23 heavy (non-hydrogen) atoms. The minimum Gasteiger partial charge on any atom is -0.385 e. The van der Waals surface area contributed by atoms with Gasteiger partial charge in [-0.1, -0.05) is 31.6 Å². The number of hydrogen-bond donors (Lipinski definition) is 1. The van der Waals surface area contributed by atoms with Crippen LogP contribution in [-0.4, -0.2) is 28.2 Å². The number of fused-ring (bicyclic) bond motifs is 3. The molecule has 2 aliphatic carbocycles. The third kappa shape index (κ3) is 2.53. The molecule has 1 aliphatic heterocycles. The van der Waals surface area contributed by atoms with Crippen LogP contribution in [0.4, 0.5) is 0 Å². The first kappa shape index (κ1) is 16.9. The van der Waals surface area contributed by atoms with Crippen LogP contribution in [0.3, 0.4) is 0 Å². The Morgan fingerprint density at radius 3 is 2.61 bits per heavy atom. The van der Waals surface area contributed by atoms with Gasteiger partial charge in [-0.2, -0.15) is 0 Å². The van der Waals surface area contributed by atoms with Crippen molar-refractivity contribution in [3.05, 3.63) is 23.3 Å². The van der Waals surface area contributed by atoms with Crippen LogP contribution < -0.4 is 0 Å². The predicted molar refractivity (Wildman–Crippen MR) is 91.1 cm³/mol. The molecule has 0 aromatic carbocycles. The number of allylic oxidation sites excluding steroid dienone is 3. The van der Waals surface area contributed by atoms with Gasteiger partial charge >= 0.3 is 0 Å². The maximum absolute atomic E-state index is 13.0. The zero-order chi connectivity index (χ0) is 17.0. The van der Waals surface area contributed by atoms with Gasteiger partial charge in [-0.15, -0.1) is 0 Å². The maximum Gasteiger partial charge on any atom is 0.193 e. The van der Waals surface area contributed by atoms with Crippen molar-refractivity contribution < 1.29 is 14.6 Å². The Hall–Kier alpha value is -0.930. The first-order valence-corrected chi connectivity index (χ1v) is 8.92. The van der Waals surface area contributed by atoms with Crippen molar-refractivity contribution in [1.29, 1.82) is 0 Å². The molecule has 3 nitrogen and oxygen atoms in total. The summed E-state index contributed by atoms with van der Waals surface area (Å²) in [5.74, 6) is 0.341. The quantitative estimate of drug-likeness (QED) is 0.543. The van der Waals surface area contributed by atoms with Crippen LogP contribution in [0.1, 0.15) is 66.7 Å². The average Bonchev–Trinajstić information content (AvgIpc) is 3.14. The topological polar surface area (TPSA) is 49.8 Å². The molecule has 0 unspecified atom stereocenters. The normalized spacial score (nSPS) is 49.9. The van der Waals surface area contributed by atoms with Crippen molar-refractivity contribution in [2.75, 3.05) is 0 Å². The molecule has 0 radical (unpaired) electrons. The number of rotatable bonds is 0. The number of hydrogen-bond acceptors (Lipinski definition) is 3. The smallest absolute Gasteiger partial charge is 0.193 e. The van der Waals surface area contributed by atoms with E-state index in [9.17, 15) is 9.90 Å². The molecule has 1 saturated heterocycles. The van der Waals surface area contributed by atoms with E-state index in [1.165, 1.54) is 5.57 Å². The van der Waals surface area contributed by atoms with E-state index in [4.69, 9.17) is 4.74 Å². The zero-order valence-electron chi connectivity index (χ0n) is 15.1. The molecule has 0 aromatic rings. The zero-order valence-corrected chi connectivity index (χ0v) is 15.1. The fourth-order valence-corrected chi connectivity index (χ4v) is 4.43. The SMILES string of the molecule is C/C1=C\CC[C@@]2(C)O[C@@H]2C(=O)C2=CC[C@@H](C)[C@](C)(CC1)[C@@]2(C)O. The summed E-state index contributed by atoms with van der Waals surface area (Å²) < 4.78 is 5.78. The van der Waals surface area contributed by atoms with Gasteiger partial charge in [0, 0.05) is 11.0 Å². The van der Waals surface area contributed by atoms with Crippen LogP contribution in [0.25, 0.3) is 0 Å². The summed E-state index contributed by atoms with van der Waals surface area (Å²) in [6.45, 7) is 10.4. The van der Waals surface area contributed by atoms with E-state index in [0.29, 0.717) is 11.5 Å². The monoisotopic (exact) mass is 318 g/mol. The summed E-state index contributed by atoms with van der Waals surface area (Å²) in [7, 11) is 0. The van der Waals surface area contributed by atoms with E-state index in [0.717, 1.165) is 32.1 Å². The molecule has 0 aromatic heterocycles. The van der Waals surface area contributed by atoms with Crippen molar-refractivity contribution >= 4 is 5.78 Å². The Kier molecular flexibility index (Phi) is 3.89. The number of ether oxygens (including phenoxy) is 1. The molecule has 1 fully saturated rings. The molecule has 0 spiro atoms. The molecule has 2 bridgehead atoms. The van der Waals surface area contributed by atoms with Crippen molar-refractivity contribution in [3.8, 4) is 0 Å². The van der Waals surface area contributed by atoms with Crippen LogP contribution in [-0.2, 0) is 9.53 Å². The summed E-state index contributed by atoms with van der Waals surface area (Å²) in [4.78, 5) is 13.0. The molecule has 0 amide bonds. The molecule has 0 saturated carbocycles. The maximum atomic E-state index is 13.0. The molecule has 3 heteroatoms. The first-order chi connectivity index (χ1) is 10.6.